The number of rotatable bonds is 8. The molecule has 0 spiro atoms. The van der Waals surface area contributed by atoms with E-state index in [0.717, 1.165) is 32.4 Å². The molecule has 0 aromatic heterocycles. The van der Waals surface area contributed by atoms with Gasteiger partial charge in [0, 0.05) is 10.2 Å². The van der Waals surface area contributed by atoms with Crippen molar-refractivity contribution in [3.63, 3.8) is 0 Å². The van der Waals surface area contributed by atoms with Crippen LogP contribution in [0.5, 0.6) is 11.5 Å². The number of benzene rings is 3. The first-order chi connectivity index (χ1) is 17.8. The molecule has 2 amide bonds. The molecule has 37 heavy (non-hydrogen) atoms. The Labute approximate surface area is 234 Å². The van der Waals surface area contributed by atoms with Crippen molar-refractivity contribution < 1.29 is 19.1 Å². The fourth-order valence-electron chi connectivity index (χ4n) is 3.70. The number of thioether (sulfide) groups is 1. The van der Waals surface area contributed by atoms with Crippen LogP contribution in [0.25, 0.3) is 6.08 Å². The average molecular weight is 598 g/mol. The van der Waals surface area contributed by atoms with E-state index in [2.05, 4.69) is 21.2 Å². The van der Waals surface area contributed by atoms with E-state index < -0.39 is 0 Å². The van der Waals surface area contributed by atoms with Crippen LogP contribution < -0.4 is 14.8 Å². The van der Waals surface area contributed by atoms with E-state index in [4.69, 9.17) is 21.7 Å². The van der Waals surface area contributed by atoms with Crippen molar-refractivity contribution in [2.75, 3.05) is 19.0 Å². The highest BCUT2D eigenvalue weighted by atomic mass is 79.9. The van der Waals surface area contributed by atoms with Gasteiger partial charge in [0.15, 0.2) is 18.1 Å². The largest absolute Gasteiger partial charge is 0.493 e. The van der Waals surface area contributed by atoms with Crippen LogP contribution in [0.2, 0.25) is 0 Å². The number of carbonyl (C=O) groups is 2. The molecule has 1 saturated heterocycles. The van der Waals surface area contributed by atoms with Crippen LogP contribution in [0, 0.1) is 13.8 Å². The molecule has 0 unspecified atom stereocenters. The van der Waals surface area contributed by atoms with Crippen LogP contribution in [-0.4, -0.2) is 34.8 Å². The van der Waals surface area contributed by atoms with Crippen LogP contribution in [0.1, 0.15) is 22.3 Å². The maximum atomic E-state index is 13.0. The van der Waals surface area contributed by atoms with Gasteiger partial charge in [-0.05, 0) is 66.4 Å². The zero-order chi connectivity index (χ0) is 26.5. The Morgan fingerprint density at radius 1 is 1.08 bits per heavy atom. The molecule has 190 valence electrons. The minimum Gasteiger partial charge on any atom is -0.493 e. The van der Waals surface area contributed by atoms with Gasteiger partial charge in [-0.2, -0.15) is 0 Å². The number of anilines is 1. The van der Waals surface area contributed by atoms with Crippen molar-refractivity contribution in [3.8, 4) is 11.5 Å². The van der Waals surface area contributed by atoms with E-state index in [1.807, 2.05) is 62.4 Å². The summed E-state index contributed by atoms with van der Waals surface area (Å²) >= 11 is 10.2. The summed E-state index contributed by atoms with van der Waals surface area (Å²) in [4.78, 5) is 27.6. The summed E-state index contributed by atoms with van der Waals surface area (Å²) in [6.07, 6.45) is 1.78. The molecule has 3 aromatic carbocycles. The Bertz CT molecular complexity index is 1390. The van der Waals surface area contributed by atoms with Gasteiger partial charge in [0.05, 0.1) is 18.6 Å². The second-order valence-electron chi connectivity index (χ2n) is 8.35. The van der Waals surface area contributed by atoms with Crippen molar-refractivity contribution in [1.82, 2.24) is 4.90 Å². The smallest absolute Gasteiger partial charge is 0.266 e. The van der Waals surface area contributed by atoms with E-state index in [9.17, 15) is 9.59 Å². The van der Waals surface area contributed by atoms with Crippen molar-refractivity contribution in [2.45, 2.75) is 20.4 Å². The van der Waals surface area contributed by atoms with E-state index in [-0.39, 0.29) is 18.4 Å². The second-order valence-corrected chi connectivity index (χ2v) is 10.9. The maximum absolute atomic E-state index is 13.0. The molecule has 6 nitrogen and oxygen atoms in total. The van der Waals surface area contributed by atoms with Gasteiger partial charge in [-0.25, -0.2) is 0 Å². The lowest BCUT2D eigenvalue weighted by atomic mass is 10.1. The van der Waals surface area contributed by atoms with Gasteiger partial charge >= 0.3 is 0 Å². The summed E-state index contributed by atoms with van der Waals surface area (Å²) in [6, 6.07) is 18.8. The molecule has 1 heterocycles. The summed E-state index contributed by atoms with van der Waals surface area (Å²) in [5.74, 6) is 0.471. The first kappa shape index (κ1) is 26.9. The second kappa shape index (κ2) is 11.9. The number of nitrogens with zero attached hydrogens (tertiary/aromatic N) is 1. The van der Waals surface area contributed by atoms with Crippen LogP contribution in [0.3, 0.4) is 0 Å². The van der Waals surface area contributed by atoms with Gasteiger partial charge in [-0.3, -0.25) is 14.5 Å². The number of carbonyl (C=O) groups excluding carboxylic acids is 2. The van der Waals surface area contributed by atoms with E-state index in [0.29, 0.717) is 27.3 Å². The quantitative estimate of drug-likeness (QED) is 0.237. The number of methoxy groups -OCH3 is 1. The molecule has 1 aliphatic heterocycles. The lowest BCUT2D eigenvalue weighted by Crippen LogP contribution is -2.27. The molecule has 0 radical (unpaired) electrons. The molecule has 0 atom stereocenters. The van der Waals surface area contributed by atoms with Crippen LogP contribution in [0.4, 0.5) is 5.69 Å². The number of hydrogen-bond acceptors (Lipinski definition) is 6. The predicted molar refractivity (Wildman–Crippen MR) is 156 cm³/mol. The van der Waals surface area contributed by atoms with Gasteiger partial charge in [-0.15, -0.1) is 0 Å². The number of halogens is 1. The number of amides is 2. The maximum Gasteiger partial charge on any atom is 0.266 e. The summed E-state index contributed by atoms with van der Waals surface area (Å²) in [6.45, 7) is 4.19. The minimum atomic E-state index is -0.280. The SMILES string of the molecule is COc1cc(/C=C2\SC(=S)N(Cc3ccccc3)C2=O)ccc1OCC(=O)Nc1ccc(Br)c(C)c1C. The molecular formula is C28H25BrN2O4S2. The molecule has 1 fully saturated rings. The third-order valence-corrected chi connectivity index (χ3v) is 8.13. The summed E-state index contributed by atoms with van der Waals surface area (Å²) in [5.41, 5.74) is 4.56. The highest BCUT2D eigenvalue weighted by Gasteiger charge is 2.32. The van der Waals surface area contributed by atoms with E-state index >= 15 is 0 Å². The van der Waals surface area contributed by atoms with Crippen LogP contribution >= 0.6 is 39.9 Å². The van der Waals surface area contributed by atoms with Crippen molar-refractivity contribution in [2.24, 2.45) is 0 Å². The summed E-state index contributed by atoms with van der Waals surface area (Å²) in [7, 11) is 1.53. The molecule has 1 N–H and O–H groups in total. The van der Waals surface area contributed by atoms with Gasteiger partial charge in [0.2, 0.25) is 0 Å². The molecule has 4 rings (SSSR count). The molecule has 0 aliphatic carbocycles. The van der Waals surface area contributed by atoms with Crippen molar-refractivity contribution in [1.29, 1.82) is 0 Å². The Hall–Kier alpha value is -3.14. The van der Waals surface area contributed by atoms with Gasteiger partial charge in [-0.1, -0.05) is 76.3 Å². The highest BCUT2D eigenvalue weighted by Crippen LogP contribution is 2.35. The normalized spacial score (nSPS) is 14.3. The lowest BCUT2D eigenvalue weighted by Gasteiger charge is -2.14. The zero-order valence-corrected chi connectivity index (χ0v) is 23.8. The van der Waals surface area contributed by atoms with E-state index in [1.54, 1.807) is 23.1 Å². The highest BCUT2D eigenvalue weighted by molar-refractivity contribution is 9.10. The summed E-state index contributed by atoms with van der Waals surface area (Å²) in [5, 5.41) is 2.88. The molecule has 0 bridgehead atoms. The van der Waals surface area contributed by atoms with Crippen molar-refractivity contribution in [3.05, 3.63) is 92.3 Å². The predicted octanol–water partition coefficient (Wildman–Crippen LogP) is 6.49. The average Bonchev–Trinajstić information content (AvgIpc) is 3.16. The Balaban J connectivity index is 1.42. The molecule has 3 aromatic rings. The first-order valence-corrected chi connectivity index (χ1v) is 13.4. The van der Waals surface area contributed by atoms with E-state index in [1.165, 1.54) is 18.9 Å². The molecular weight excluding hydrogens is 572 g/mol. The monoisotopic (exact) mass is 596 g/mol. The first-order valence-electron chi connectivity index (χ1n) is 11.4. The van der Waals surface area contributed by atoms with Crippen LogP contribution in [0.15, 0.2) is 70.0 Å². The third-order valence-electron chi connectivity index (χ3n) is 5.90. The van der Waals surface area contributed by atoms with Gasteiger partial charge < -0.3 is 14.8 Å². The Morgan fingerprint density at radius 2 is 1.84 bits per heavy atom. The Kier molecular flexibility index (Phi) is 8.68. The topological polar surface area (TPSA) is 67.9 Å². The molecule has 0 saturated carbocycles. The molecule has 1 aliphatic rings. The Morgan fingerprint density at radius 3 is 2.57 bits per heavy atom. The third kappa shape index (κ3) is 6.41. The van der Waals surface area contributed by atoms with Crippen LogP contribution in [-0.2, 0) is 16.1 Å². The number of nitrogens with one attached hydrogen (secondary N) is 1. The number of thiocarbonyl (C=S) groups is 1. The zero-order valence-electron chi connectivity index (χ0n) is 20.5. The molecule has 9 heteroatoms. The van der Waals surface area contributed by atoms with Gasteiger partial charge in [0.1, 0.15) is 4.32 Å². The fraction of sp³-hybridized carbons (Fsp3) is 0.179. The number of ether oxygens (including phenoxy) is 2. The lowest BCUT2D eigenvalue weighted by molar-refractivity contribution is -0.122. The van der Waals surface area contributed by atoms with Gasteiger partial charge in [0.25, 0.3) is 11.8 Å². The standard InChI is InChI=1S/C28H25BrN2O4S2/c1-17-18(2)22(11-10-21(17)29)30-26(32)16-35-23-12-9-20(13-24(23)34-3)14-25-27(33)31(28(36)37-25)15-19-7-5-4-6-8-19/h4-14H,15-16H2,1-3H3,(H,30,32)/b25-14-. The minimum absolute atomic E-state index is 0.131. The van der Waals surface area contributed by atoms with Crippen molar-refractivity contribution >= 4 is 67.8 Å². The fourth-order valence-corrected chi connectivity index (χ4v) is 5.38. The number of hydrogen-bond donors (Lipinski definition) is 1. The summed E-state index contributed by atoms with van der Waals surface area (Å²) < 4.78 is 12.7.